The normalized spacial score (nSPS) is 18.5. The molecule has 0 radical (unpaired) electrons. The molecule has 1 fully saturated rings. The molecule has 0 spiro atoms. The molecule has 1 unspecified atom stereocenters. The van der Waals surface area contributed by atoms with E-state index in [1.165, 1.54) is 12.8 Å². The first-order valence-corrected chi connectivity index (χ1v) is 8.02. The molecule has 0 aliphatic heterocycles. The van der Waals surface area contributed by atoms with E-state index in [1.807, 2.05) is 6.92 Å². The van der Waals surface area contributed by atoms with E-state index < -0.39 is 0 Å². The van der Waals surface area contributed by atoms with Crippen LogP contribution in [0.15, 0.2) is 5.38 Å². The van der Waals surface area contributed by atoms with Crippen molar-refractivity contribution in [3.05, 3.63) is 16.1 Å². The molecule has 1 N–H and O–H groups in total. The van der Waals surface area contributed by atoms with Crippen LogP contribution in [0.1, 0.15) is 70.1 Å². The quantitative estimate of drug-likeness (QED) is 0.915. The Balaban J connectivity index is 1.97. The summed E-state index contributed by atoms with van der Waals surface area (Å²) in [5.74, 6) is 0.432. The van der Waals surface area contributed by atoms with E-state index in [-0.39, 0.29) is 23.3 Å². The molecule has 106 valence electrons. The predicted molar refractivity (Wildman–Crippen MR) is 79.3 cm³/mol. The van der Waals surface area contributed by atoms with Gasteiger partial charge in [0, 0.05) is 16.7 Å². The zero-order valence-electron chi connectivity index (χ0n) is 12.3. The van der Waals surface area contributed by atoms with Crippen LogP contribution in [0.4, 0.5) is 0 Å². The number of carbonyl (C=O) groups excluding carboxylic acids is 1. The summed E-state index contributed by atoms with van der Waals surface area (Å²) in [6.07, 6.45) is 4.48. The van der Waals surface area contributed by atoms with Gasteiger partial charge in [0.2, 0.25) is 5.91 Å². The topological polar surface area (TPSA) is 42.0 Å². The van der Waals surface area contributed by atoms with Gasteiger partial charge in [-0.1, -0.05) is 33.6 Å². The Morgan fingerprint density at radius 2 is 2.05 bits per heavy atom. The minimum Gasteiger partial charge on any atom is -0.347 e. The average molecular weight is 280 g/mol. The summed E-state index contributed by atoms with van der Waals surface area (Å²) in [7, 11) is 0. The van der Waals surface area contributed by atoms with Crippen LogP contribution in [0.5, 0.6) is 0 Å². The second-order valence-electron chi connectivity index (χ2n) is 6.53. The SMILES string of the molecule is CC(NC(=O)C1CCCC1)c1nc(C(C)(C)C)cs1. The molecule has 1 heterocycles. The number of thiazole rings is 1. The second kappa shape index (κ2) is 5.61. The maximum Gasteiger partial charge on any atom is 0.223 e. The Bertz CT molecular complexity index is 441. The molecule has 2 rings (SSSR count). The fraction of sp³-hybridized carbons (Fsp3) is 0.733. The monoisotopic (exact) mass is 280 g/mol. The van der Waals surface area contributed by atoms with Gasteiger partial charge in [-0.2, -0.15) is 0 Å². The van der Waals surface area contributed by atoms with Crippen LogP contribution in [-0.4, -0.2) is 10.9 Å². The Kier molecular flexibility index (Phi) is 4.29. The van der Waals surface area contributed by atoms with Gasteiger partial charge in [-0.05, 0) is 19.8 Å². The lowest BCUT2D eigenvalue weighted by atomic mass is 9.93. The van der Waals surface area contributed by atoms with Gasteiger partial charge in [0.1, 0.15) is 5.01 Å². The highest BCUT2D eigenvalue weighted by Crippen LogP contribution is 2.28. The molecule has 0 saturated heterocycles. The van der Waals surface area contributed by atoms with Gasteiger partial charge in [0.05, 0.1) is 11.7 Å². The third-order valence-electron chi connectivity index (χ3n) is 3.75. The lowest BCUT2D eigenvalue weighted by Crippen LogP contribution is -2.31. The van der Waals surface area contributed by atoms with E-state index in [0.717, 1.165) is 23.5 Å². The van der Waals surface area contributed by atoms with Crippen molar-refractivity contribution in [2.45, 2.75) is 64.8 Å². The van der Waals surface area contributed by atoms with Crippen LogP contribution in [-0.2, 0) is 10.2 Å². The smallest absolute Gasteiger partial charge is 0.223 e. The highest BCUT2D eigenvalue weighted by molar-refractivity contribution is 7.09. The van der Waals surface area contributed by atoms with Gasteiger partial charge in [0.25, 0.3) is 0 Å². The van der Waals surface area contributed by atoms with Gasteiger partial charge in [-0.15, -0.1) is 11.3 Å². The largest absolute Gasteiger partial charge is 0.347 e. The highest BCUT2D eigenvalue weighted by Gasteiger charge is 2.25. The van der Waals surface area contributed by atoms with E-state index in [9.17, 15) is 4.79 Å². The number of hydrogen-bond donors (Lipinski definition) is 1. The molecule has 1 amide bonds. The van der Waals surface area contributed by atoms with Crippen molar-refractivity contribution in [1.82, 2.24) is 10.3 Å². The van der Waals surface area contributed by atoms with E-state index in [4.69, 9.17) is 0 Å². The average Bonchev–Trinajstić information content (AvgIpc) is 3.00. The molecule has 1 aliphatic rings. The Labute approximate surface area is 119 Å². The molecule has 0 bridgehead atoms. The van der Waals surface area contributed by atoms with E-state index in [0.29, 0.717) is 0 Å². The molecule has 19 heavy (non-hydrogen) atoms. The first-order valence-electron chi connectivity index (χ1n) is 7.14. The van der Waals surface area contributed by atoms with Crippen LogP contribution in [0.3, 0.4) is 0 Å². The number of hydrogen-bond acceptors (Lipinski definition) is 3. The molecule has 1 aromatic heterocycles. The van der Waals surface area contributed by atoms with Gasteiger partial charge in [0.15, 0.2) is 0 Å². The molecule has 1 aliphatic carbocycles. The first kappa shape index (κ1) is 14.5. The fourth-order valence-corrected chi connectivity index (χ4v) is 3.46. The zero-order valence-corrected chi connectivity index (χ0v) is 13.1. The van der Waals surface area contributed by atoms with Crippen LogP contribution < -0.4 is 5.32 Å². The van der Waals surface area contributed by atoms with Crippen LogP contribution >= 0.6 is 11.3 Å². The number of rotatable bonds is 3. The maximum absolute atomic E-state index is 12.1. The summed E-state index contributed by atoms with van der Waals surface area (Å²) in [6, 6.07) is 0.0224. The summed E-state index contributed by atoms with van der Waals surface area (Å²) in [6.45, 7) is 8.51. The molecule has 1 saturated carbocycles. The minimum atomic E-state index is 0.0224. The third-order valence-corrected chi connectivity index (χ3v) is 4.77. The number of aromatic nitrogens is 1. The molecular formula is C15H24N2OS. The third kappa shape index (κ3) is 3.56. The summed E-state index contributed by atoms with van der Waals surface area (Å²) in [5.41, 5.74) is 1.18. The Hall–Kier alpha value is -0.900. The van der Waals surface area contributed by atoms with Crippen molar-refractivity contribution >= 4 is 17.2 Å². The Morgan fingerprint density at radius 3 is 2.58 bits per heavy atom. The molecular weight excluding hydrogens is 256 g/mol. The first-order chi connectivity index (χ1) is 8.88. The van der Waals surface area contributed by atoms with Gasteiger partial charge >= 0.3 is 0 Å². The van der Waals surface area contributed by atoms with E-state index in [2.05, 4.69) is 36.5 Å². The minimum absolute atomic E-state index is 0.0224. The molecule has 1 atom stereocenters. The number of nitrogens with one attached hydrogen (secondary N) is 1. The molecule has 1 aromatic rings. The molecule has 4 heteroatoms. The summed E-state index contributed by atoms with van der Waals surface area (Å²) in [4.78, 5) is 16.8. The summed E-state index contributed by atoms with van der Waals surface area (Å²) >= 11 is 1.64. The van der Waals surface area contributed by atoms with Crippen molar-refractivity contribution in [3.8, 4) is 0 Å². The standard InChI is InChI=1S/C15H24N2OS/c1-10(16-13(18)11-7-5-6-8-11)14-17-12(9-19-14)15(2,3)4/h9-11H,5-8H2,1-4H3,(H,16,18). The van der Waals surface area contributed by atoms with Crippen molar-refractivity contribution in [3.63, 3.8) is 0 Å². The Morgan fingerprint density at radius 1 is 1.42 bits per heavy atom. The molecule has 0 aromatic carbocycles. The van der Waals surface area contributed by atoms with Gasteiger partial charge in [-0.3, -0.25) is 4.79 Å². The zero-order chi connectivity index (χ0) is 14.0. The van der Waals surface area contributed by atoms with Crippen molar-refractivity contribution in [2.75, 3.05) is 0 Å². The van der Waals surface area contributed by atoms with E-state index in [1.54, 1.807) is 11.3 Å². The van der Waals surface area contributed by atoms with Crippen molar-refractivity contribution < 1.29 is 4.79 Å². The highest BCUT2D eigenvalue weighted by atomic mass is 32.1. The maximum atomic E-state index is 12.1. The summed E-state index contributed by atoms with van der Waals surface area (Å²) in [5, 5.41) is 6.23. The number of carbonyl (C=O) groups is 1. The number of amides is 1. The second-order valence-corrected chi connectivity index (χ2v) is 7.42. The van der Waals surface area contributed by atoms with Crippen molar-refractivity contribution in [2.24, 2.45) is 5.92 Å². The van der Waals surface area contributed by atoms with Crippen LogP contribution in [0, 0.1) is 5.92 Å². The van der Waals surface area contributed by atoms with E-state index >= 15 is 0 Å². The molecule has 3 nitrogen and oxygen atoms in total. The van der Waals surface area contributed by atoms with Crippen LogP contribution in [0.25, 0.3) is 0 Å². The predicted octanol–water partition coefficient (Wildman–Crippen LogP) is 3.81. The lowest BCUT2D eigenvalue weighted by molar-refractivity contribution is -0.125. The number of nitrogens with zero attached hydrogens (tertiary/aromatic N) is 1. The van der Waals surface area contributed by atoms with Gasteiger partial charge < -0.3 is 5.32 Å². The van der Waals surface area contributed by atoms with Crippen molar-refractivity contribution in [1.29, 1.82) is 0 Å². The summed E-state index contributed by atoms with van der Waals surface area (Å²) < 4.78 is 0. The lowest BCUT2D eigenvalue weighted by Gasteiger charge is -2.16. The van der Waals surface area contributed by atoms with Crippen LogP contribution in [0.2, 0.25) is 0 Å². The fourth-order valence-electron chi connectivity index (χ4n) is 2.41. The van der Waals surface area contributed by atoms with Gasteiger partial charge in [-0.25, -0.2) is 4.98 Å².